The molecule has 1 aromatic heterocycles. The molecule has 0 saturated carbocycles. The van der Waals surface area contributed by atoms with Crippen LogP contribution >= 0.6 is 50.7 Å². The lowest BCUT2D eigenvalue weighted by atomic mass is 10.2. The highest BCUT2D eigenvalue weighted by Crippen LogP contribution is 2.25. The minimum absolute atomic E-state index is 0.282. The first-order valence-corrected chi connectivity index (χ1v) is 7.33. The third kappa shape index (κ3) is 3.18. The fourth-order valence-electron chi connectivity index (χ4n) is 1.43. The van der Waals surface area contributed by atoms with Crippen molar-refractivity contribution in [2.75, 3.05) is 5.32 Å². The van der Waals surface area contributed by atoms with Gasteiger partial charge < -0.3 is 11.1 Å². The molecular formula is C12H9BrIN3S. The number of benzene rings is 1. The lowest BCUT2D eigenvalue weighted by Gasteiger charge is -2.10. The average molecular weight is 434 g/mol. The van der Waals surface area contributed by atoms with Gasteiger partial charge in [0.25, 0.3) is 0 Å². The van der Waals surface area contributed by atoms with Gasteiger partial charge in [-0.25, -0.2) is 0 Å². The van der Waals surface area contributed by atoms with Gasteiger partial charge in [0.2, 0.25) is 0 Å². The van der Waals surface area contributed by atoms with Gasteiger partial charge in [0.05, 0.1) is 5.69 Å². The maximum atomic E-state index is 5.64. The number of hydrogen-bond donors (Lipinski definition) is 2. The van der Waals surface area contributed by atoms with E-state index in [1.165, 1.54) is 0 Å². The van der Waals surface area contributed by atoms with Crippen molar-refractivity contribution in [2.24, 2.45) is 5.73 Å². The molecule has 3 N–H and O–H groups in total. The van der Waals surface area contributed by atoms with Crippen LogP contribution in [0, 0.1) is 3.57 Å². The SMILES string of the molecule is NC(=S)c1ncccc1Nc1ccc(Br)c(I)c1. The summed E-state index contributed by atoms with van der Waals surface area (Å²) in [7, 11) is 0. The molecule has 0 atom stereocenters. The van der Waals surface area contributed by atoms with Crippen molar-refractivity contribution in [3.63, 3.8) is 0 Å². The van der Waals surface area contributed by atoms with Crippen molar-refractivity contribution in [3.05, 3.63) is 50.3 Å². The summed E-state index contributed by atoms with van der Waals surface area (Å²) in [6, 6.07) is 9.73. The average Bonchev–Trinajstić information content (AvgIpc) is 2.34. The molecule has 2 rings (SSSR count). The minimum atomic E-state index is 0.282. The Morgan fingerprint density at radius 2 is 2.17 bits per heavy atom. The summed E-state index contributed by atoms with van der Waals surface area (Å²) >= 11 is 10.7. The molecular weight excluding hydrogens is 425 g/mol. The summed E-state index contributed by atoms with van der Waals surface area (Å²) in [6.45, 7) is 0. The van der Waals surface area contributed by atoms with Gasteiger partial charge in [0.15, 0.2) is 0 Å². The Hall–Kier alpha value is -0.730. The van der Waals surface area contributed by atoms with E-state index in [-0.39, 0.29) is 4.99 Å². The first-order valence-electron chi connectivity index (χ1n) is 5.05. The first-order chi connectivity index (χ1) is 8.58. The number of thiocarbonyl (C=S) groups is 1. The summed E-state index contributed by atoms with van der Waals surface area (Å²) in [6.07, 6.45) is 1.67. The fourth-order valence-corrected chi connectivity index (χ4v) is 2.36. The second-order valence-electron chi connectivity index (χ2n) is 3.52. The topological polar surface area (TPSA) is 50.9 Å². The van der Waals surface area contributed by atoms with Crippen LogP contribution in [0.5, 0.6) is 0 Å². The van der Waals surface area contributed by atoms with Gasteiger partial charge in [-0.2, -0.15) is 0 Å². The Labute approximate surface area is 132 Å². The number of pyridine rings is 1. The Bertz CT molecular complexity index is 604. The lowest BCUT2D eigenvalue weighted by molar-refractivity contribution is 1.29. The van der Waals surface area contributed by atoms with E-state index in [1.54, 1.807) is 6.20 Å². The van der Waals surface area contributed by atoms with Crippen molar-refractivity contribution >= 4 is 67.1 Å². The zero-order valence-corrected chi connectivity index (χ0v) is 13.7. The molecule has 0 unspecified atom stereocenters. The smallest absolute Gasteiger partial charge is 0.124 e. The number of aromatic nitrogens is 1. The molecule has 18 heavy (non-hydrogen) atoms. The number of rotatable bonds is 3. The minimum Gasteiger partial charge on any atom is -0.388 e. The van der Waals surface area contributed by atoms with E-state index >= 15 is 0 Å². The third-order valence-corrected chi connectivity index (χ3v) is 4.76. The van der Waals surface area contributed by atoms with E-state index in [1.807, 2.05) is 30.3 Å². The van der Waals surface area contributed by atoms with E-state index in [2.05, 4.69) is 48.8 Å². The maximum Gasteiger partial charge on any atom is 0.124 e. The normalized spacial score (nSPS) is 10.1. The highest BCUT2D eigenvalue weighted by Gasteiger charge is 2.06. The Morgan fingerprint density at radius 3 is 2.83 bits per heavy atom. The molecule has 2 aromatic rings. The molecule has 0 amide bonds. The fraction of sp³-hybridized carbons (Fsp3) is 0. The molecule has 0 radical (unpaired) electrons. The van der Waals surface area contributed by atoms with Crippen molar-refractivity contribution in [3.8, 4) is 0 Å². The summed E-state index contributed by atoms with van der Waals surface area (Å²) in [5, 5.41) is 3.27. The predicted octanol–water partition coefficient (Wildman–Crippen LogP) is 3.83. The van der Waals surface area contributed by atoms with Crippen LogP contribution in [0.25, 0.3) is 0 Å². The largest absolute Gasteiger partial charge is 0.388 e. The number of hydrogen-bond acceptors (Lipinski definition) is 3. The number of nitrogens with one attached hydrogen (secondary N) is 1. The highest BCUT2D eigenvalue weighted by molar-refractivity contribution is 14.1. The molecule has 92 valence electrons. The molecule has 0 bridgehead atoms. The second-order valence-corrected chi connectivity index (χ2v) is 5.97. The number of halogens is 2. The summed E-state index contributed by atoms with van der Waals surface area (Å²) in [5.74, 6) is 0. The summed E-state index contributed by atoms with van der Waals surface area (Å²) in [4.78, 5) is 4.46. The Kier molecular flexibility index (Phi) is 4.52. The van der Waals surface area contributed by atoms with E-state index in [0.717, 1.165) is 19.4 Å². The second kappa shape index (κ2) is 5.94. The summed E-state index contributed by atoms with van der Waals surface area (Å²) < 4.78 is 2.19. The molecule has 3 nitrogen and oxygen atoms in total. The van der Waals surface area contributed by atoms with Gasteiger partial charge >= 0.3 is 0 Å². The van der Waals surface area contributed by atoms with Crippen molar-refractivity contribution in [1.29, 1.82) is 0 Å². The van der Waals surface area contributed by atoms with E-state index in [0.29, 0.717) is 5.69 Å². The van der Waals surface area contributed by atoms with Crippen LogP contribution in [-0.4, -0.2) is 9.97 Å². The molecule has 6 heteroatoms. The van der Waals surface area contributed by atoms with Gasteiger partial charge in [0.1, 0.15) is 10.7 Å². The highest BCUT2D eigenvalue weighted by atomic mass is 127. The number of nitrogens with zero attached hydrogens (tertiary/aromatic N) is 1. The van der Waals surface area contributed by atoms with Gasteiger partial charge in [-0.05, 0) is 68.9 Å². The number of anilines is 2. The van der Waals surface area contributed by atoms with Crippen molar-refractivity contribution in [2.45, 2.75) is 0 Å². The maximum absolute atomic E-state index is 5.64. The molecule has 0 aliphatic carbocycles. The van der Waals surface area contributed by atoms with E-state index in [9.17, 15) is 0 Å². The molecule has 0 aliphatic rings. The standard InChI is InChI=1S/C12H9BrIN3S/c13-8-4-3-7(6-9(8)14)17-10-2-1-5-16-11(10)12(15)18/h1-6,17H,(H2,15,18). The van der Waals surface area contributed by atoms with Gasteiger partial charge in [-0.15, -0.1) is 0 Å². The van der Waals surface area contributed by atoms with Crippen LogP contribution in [0.4, 0.5) is 11.4 Å². The lowest BCUT2D eigenvalue weighted by Crippen LogP contribution is -2.13. The molecule has 0 saturated heterocycles. The van der Waals surface area contributed by atoms with Crippen molar-refractivity contribution in [1.82, 2.24) is 4.98 Å². The van der Waals surface area contributed by atoms with Crippen LogP contribution in [-0.2, 0) is 0 Å². The molecule has 0 aliphatic heterocycles. The van der Waals surface area contributed by atoms with Gasteiger partial charge in [-0.1, -0.05) is 12.2 Å². The van der Waals surface area contributed by atoms with Gasteiger partial charge in [-0.3, -0.25) is 4.98 Å². The summed E-state index contributed by atoms with van der Waals surface area (Å²) in [5.41, 5.74) is 8.02. The van der Waals surface area contributed by atoms with E-state index in [4.69, 9.17) is 18.0 Å². The third-order valence-electron chi connectivity index (χ3n) is 2.24. The monoisotopic (exact) mass is 433 g/mol. The van der Waals surface area contributed by atoms with Crippen LogP contribution in [0.2, 0.25) is 0 Å². The zero-order chi connectivity index (χ0) is 13.1. The molecule has 0 spiro atoms. The van der Waals surface area contributed by atoms with E-state index < -0.39 is 0 Å². The van der Waals surface area contributed by atoms with Crippen molar-refractivity contribution < 1.29 is 0 Å². The zero-order valence-electron chi connectivity index (χ0n) is 9.15. The Morgan fingerprint density at radius 1 is 1.39 bits per heavy atom. The first kappa shape index (κ1) is 13.7. The van der Waals surface area contributed by atoms with Crippen LogP contribution in [0.15, 0.2) is 41.0 Å². The van der Waals surface area contributed by atoms with Crippen LogP contribution in [0.3, 0.4) is 0 Å². The Balaban J connectivity index is 2.34. The van der Waals surface area contributed by atoms with Crippen LogP contribution < -0.4 is 11.1 Å². The van der Waals surface area contributed by atoms with Crippen LogP contribution in [0.1, 0.15) is 5.69 Å². The molecule has 0 fully saturated rings. The molecule has 1 heterocycles. The quantitative estimate of drug-likeness (QED) is 0.570. The van der Waals surface area contributed by atoms with Gasteiger partial charge in [0, 0.05) is 19.9 Å². The molecule has 1 aromatic carbocycles. The number of nitrogens with two attached hydrogens (primary N) is 1. The predicted molar refractivity (Wildman–Crippen MR) is 90.3 cm³/mol.